The summed E-state index contributed by atoms with van der Waals surface area (Å²) in [7, 11) is 0. The number of rotatable bonds is 4. The Morgan fingerprint density at radius 3 is 2.37 bits per heavy atom. The maximum absolute atomic E-state index is 14.4. The van der Waals surface area contributed by atoms with Crippen LogP contribution in [0.15, 0.2) is 48.7 Å². The molecule has 2 aliphatic rings. The number of aromatic hydroxyl groups is 1. The summed E-state index contributed by atoms with van der Waals surface area (Å²) < 4.78 is 27.2. The van der Waals surface area contributed by atoms with Crippen LogP contribution < -0.4 is 4.90 Å². The second-order valence-corrected chi connectivity index (χ2v) is 7.68. The molecule has 0 saturated carbocycles. The Hall–Kier alpha value is -2.90. The quantitative estimate of drug-likeness (QED) is 0.691. The molecule has 0 atom stereocenters. The van der Waals surface area contributed by atoms with Gasteiger partial charge < -0.3 is 19.5 Å². The summed E-state index contributed by atoms with van der Waals surface area (Å²) in [6, 6.07) is 13.1. The topological polar surface area (TPSA) is 59.8 Å². The van der Waals surface area contributed by atoms with Gasteiger partial charge in [-0.3, -0.25) is 0 Å². The molecule has 1 N–H and O–H groups in total. The largest absolute Gasteiger partial charge is 0.504 e. The van der Waals surface area contributed by atoms with E-state index in [2.05, 4.69) is 22.1 Å². The molecule has 0 unspecified atom stereocenters. The van der Waals surface area contributed by atoms with E-state index in [4.69, 9.17) is 9.47 Å². The van der Waals surface area contributed by atoms with Gasteiger partial charge in [-0.05, 0) is 61.7 Å². The normalized spacial score (nSPS) is 17.6. The number of benzene rings is 2. The molecule has 1 aromatic heterocycles. The number of aromatic nitrogens is 2. The summed E-state index contributed by atoms with van der Waals surface area (Å²) in [6.45, 7) is 3.24. The fourth-order valence-electron chi connectivity index (χ4n) is 4.03. The van der Waals surface area contributed by atoms with E-state index in [-0.39, 0.29) is 5.56 Å². The molecule has 0 amide bonds. The number of nitrogens with zero attached hydrogens (tertiary/aromatic N) is 3. The van der Waals surface area contributed by atoms with Crippen LogP contribution in [0.25, 0.3) is 16.9 Å². The van der Waals surface area contributed by atoms with Crippen LogP contribution in [0.5, 0.6) is 5.75 Å². The van der Waals surface area contributed by atoms with Crippen molar-refractivity contribution in [1.82, 2.24) is 9.78 Å². The van der Waals surface area contributed by atoms with Crippen molar-refractivity contribution in [1.29, 1.82) is 0 Å². The SMILES string of the molecule is Oc1c(F)cc(-c2ccn(-c3ccc(N4CCCC4)cc3)n2)cc1C1OCCCO1. The molecule has 7 heteroatoms. The number of halogens is 1. The first-order valence-electron chi connectivity index (χ1n) is 10.4. The fourth-order valence-corrected chi connectivity index (χ4v) is 4.03. The third kappa shape index (κ3) is 3.66. The van der Waals surface area contributed by atoms with E-state index >= 15 is 0 Å². The van der Waals surface area contributed by atoms with Crippen LogP contribution in [0.1, 0.15) is 31.1 Å². The number of hydrogen-bond acceptors (Lipinski definition) is 5. The molecule has 30 heavy (non-hydrogen) atoms. The number of ether oxygens (including phenoxy) is 2. The van der Waals surface area contributed by atoms with Gasteiger partial charge in [0.25, 0.3) is 0 Å². The van der Waals surface area contributed by atoms with Crippen LogP contribution >= 0.6 is 0 Å². The van der Waals surface area contributed by atoms with Gasteiger partial charge in [0, 0.05) is 30.5 Å². The Labute approximate surface area is 174 Å². The van der Waals surface area contributed by atoms with Gasteiger partial charge in [0.15, 0.2) is 17.9 Å². The van der Waals surface area contributed by atoms with Gasteiger partial charge in [-0.2, -0.15) is 5.10 Å². The molecule has 6 nitrogen and oxygen atoms in total. The highest BCUT2D eigenvalue weighted by atomic mass is 19.1. The average molecular weight is 409 g/mol. The highest BCUT2D eigenvalue weighted by Crippen LogP contribution is 2.35. The highest BCUT2D eigenvalue weighted by molar-refractivity contribution is 5.63. The Balaban J connectivity index is 1.41. The van der Waals surface area contributed by atoms with Crippen molar-refractivity contribution in [3.63, 3.8) is 0 Å². The zero-order valence-corrected chi connectivity index (χ0v) is 16.6. The summed E-state index contributed by atoms with van der Waals surface area (Å²) in [5, 5.41) is 14.8. The number of hydrogen-bond donors (Lipinski definition) is 1. The van der Waals surface area contributed by atoms with Crippen LogP contribution in [0.2, 0.25) is 0 Å². The summed E-state index contributed by atoms with van der Waals surface area (Å²) in [6.07, 6.45) is 4.34. The maximum Gasteiger partial charge on any atom is 0.187 e. The lowest BCUT2D eigenvalue weighted by Gasteiger charge is -2.24. The van der Waals surface area contributed by atoms with Crippen LogP contribution in [0.3, 0.4) is 0 Å². The fraction of sp³-hybridized carbons (Fsp3) is 0.348. The van der Waals surface area contributed by atoms with Gasteiger partial charge in [0.05, 0.1) is 30.2 Å². The summed E-state index contributed by atoms with van der Waals surface area (Å²) in [5.74, 6) is -1.16. The van der Waals surface area contributed by atoms with E-state index in [1.807, 2.05) is 24.4 Å². The minimum Gasteiger partial charge on any atom is -0.504 e. The van der Waals surface area contributed by atoms with Gasteiger partial charge in [0.2, 0.25) is 0 Å². The minimum atomic E-state index is -0.770. The molecule has 2 aromatic carbocycles. The smallest absolute Gasteiger partial charge is 0.187 e. The van der Waals surface area contributed by atoms with Gasteiger partial charge in [-0.1, -0.05) is 0 Å². The molecule has 3 heterocycles. The lowest BCUT2D eigenvalue weighted by Crippen LogP contribution is -2.18. The van der Waals surface area contributed by atoms with Gasteiger partial charge in [-0.25, -0.2) is 9.07 Å². The molecule has 2 saturated heterocycles. The third-order valence-electron chi connectivity index (χ3n) is 5.64. The van der Waals surface area contributed by atoms with Crippen molar-refractivity contribution in [2.24, 2.45) is 0 Å². The van der Waals surface area contributed by atoms with Crippen LogP contribution in [-0.4, -0.2) is 41.2 Å². The van der Waals surface area contributed by atoms with E-state index in [0.29, 0.717) is 24.5 Å². The van der Waals surface area contributed by atoms with Crippen molar-refractivity contribution in [3.8, 4) is 22.7 Å². The van der Waals surface area contributed by atoms with E-state index in [1.165, 1.54) is 24.6 Å². The third-order valence-corrected chi connectivity index (χ3v) is 5.64. The molecular weight excluding hydrogens is 385 g/mol. The van der Waals surface area contributed by atoms with Gasteiger partial charge in [0.1, 0.15) is 0 Å². The molecule has 0 bridgehead atoms. The molecular formula is C23H24FN3O3. The minimum absolute atomic E-state index is 0.286. The Kier molecular flexibility index (Phi) is 5.14. The monoisotopic (exact) mass is 409 g/mol. The maximum atomic E-state index is 14.4. The molecule has 2 fully saturated rings. The number of phenols is 1. The van der Waals surface area contributed by atoms with Crippen molar-refractivity contribution in [3.05, 3.63) is 60.0 Å². The Morgan fingerprint density at radius 1 is 0.933 bits per heavy atom. The van der Waals surface area contributed by atoms with Gasteiger partial charge in [-0.15, -0.1) is 0 Å². The summed E-state index contributed by atoms with van der Waals surface area (Å²) in [4.78, 5) is 2.38. The van der Waals surface area contributed by atoms with E-state index < -0.39 is 17.9 Å². The lowest BCUT2D eigenvalue weighted by atomic mass is 10.1. The molecule has 156 valence electrons. The molecule has 3 aromatic rings. The van der Waals surface area contributed by atoms with Gasteiger partial charge >= 0.3 is 0 Å². The number of phenolic OH excluding ortho intramolecular Hbond substituents is 1. The van der Waals surface area contributed by atoms with E-state index in [9.17, 15) is 9.50 Å². The predicted octanol–water partition coefficient (Wildman–Crippen LogP) is 4.42. The first kappa shape index (κ1) is 19.1. The van der Waals surface area contributed by atoms with Crippen LogP contribution in [0.4, 0.5) is 10.1 Å². The van der Waals surface area contributed by atoms with E-state index in [0.717, 1.165) is 25.2 Å². The number of anilines is 1. The van der Waals surface area contributed by atoms with Crippen LogP contribution in [0, 0.1) is 5.82 Å². The average Bonchev–Trinajstić information content (AvgIpc) is 3.49. The van der Waals surface area contributed by atoms with Crippen LogP contribution in [-0.2, 0) is 9.47 Å². The standard InChI is InChI=1S/C23H24FN3O3/c24-20-15-16(14-19(22(20)28)23-29-12-3-13-30-23)21-8-11-27(25-21)18-6-4-17(5-7-18)26-9-1-2-10-26/h4-8,11,14-15,23,28H,1-3,9-10,12-13H2. The summed E-state index contributed by atoms with van der Waals surface area (Å²) in [5.41, 5.74) is 3.61. The van der Waals surface area contributed by atoms with Crippen molar-refractivity contribution in [2.75, 3.05) is 31.2 Å². The zero-order chi connectivity index (χ0) is 20.5. The van der Waals surface area contributed by atoms with Crippen molar-refractivity contribution in [2.45, 2.75) is 25.6 Å². The second kappa shape index (κ2) is 8.08. The molecule has 5 rings (SSSR count). The molecule has 0 aliphatic carbocycles. The Bertz CT molecular complexity index is 1020. The molecule has 2 aliphatic heterocycles. The first-order chi connectivity index (χ1) is 14.7. The second-order valence-electron chi connectivity index (χ2n) is 7.68. The zero-order valence-electron chi connectivity index (χ0n) is 16.6. The molecule has 0 spiro atoms. The first-order valence-corrected chi connectivity index (χ1v) is 10.4. The predicted molar refractivity (Wildman–Crippen MR) is 111 cm³/mol. The van der Waals surface area contributed by atoms with Crippen molar-refractivity contribution >= 4 is 5.69 Å². The lowest BCUT2D eigenvalue weighted by molar-refractivity contribution is -0.183. The highest BCUT2D eigenvalue weighted by Gasteiger charge is 2.24. The van der Waals surface area contributed by atoms with E-state index in [1.54, 1.807) is 10.7 Å². The van der Waals surface area contributed by atoms with Crippen molar-refractivity contribution < 1.29 is 19.0 Å². The Morgan fingerprint density at radius 2 is 1.63 bits per heavy atom. The molecule has 0 radical (unpaired) electrons. The summed E-state index contributed by atoms with van der Waals surface area (Å²) >= 11 is 0.